The van der Waals surface area contributed by atoms with Gasteiger partial charge >= 0.3 is 6.18 Å². The highest BCUT2D eigenvalue weighted by atomic mass is 19.4. The maximum atomic E-state index is 13.6. The molecular weight excluding hydrogens is 409 g/mol. The normalized spacial score (nSPS) is 11.2. The topological polar surface area (TPSA) is 59.5 Å². The number of hydrogen-bond donors (Lipinski definition) is 1. The fourth-order valence-corrected chi connectivity index (χ4v) is 2.80. The summed E-state index contributed by atoms with van der Waals surface area (Å²) in [5, 5.41) is 2.92. The minimum Gasteiger partial charge on any atom is -0.497 e. The van der Waals surface area contributed by atoms with E-state index in [2.05, 4.69) is 15.3 Å². The first-order valence-corrected chi connectivity index (χ1v) is 9.63. The van der Waals surface area contributed by atoms with Gasteiger partial charge in [0.25, 0.3) is 0 Å². The van der Waals surface area contributed by atoms with Crippen LogP contribution in [0.4, 0.5) is 36.3 Å². The van der Waals surface area contributed by atoms with Gasteiger partial charge in [0.05, 0.1) is 13.7 Å². The summed E-state index contributed by atoms with van der Waals surface area (Å²) >= 11 is 0. The van der Waals surface area contributed by atoms with Gasteiger partial charge in [-0.05, 0) is 55.0 Å². The second kappa shape index (κ2) is 9.55. The van der Waals surface area contributed by atoms with E-state index >= 15 is 0 Å². The molecule has 0 aliphatic heterocycles. The van der Waals surface area contributed by atoms with Crippen molar-refractivity contribution in [1.29, 1.82) is 0 Å². The van der Waals surface area contributed by atoms with E-state index in [1.807, 2.05) is 6.92 Å². The number of hydrogen-bond acceptors (Lipinski definition) is 6. The minimum atomic E-state index is -4.60. The van der Waals surface area contributed by atoms with Gasteiger partial charge in [-0.3, -0.25) is 0 Å². The standard InChI is InChI=1S/C22H23F3N4O2/c1-4-13-31-18-11-7-16(8-12-18)29(2)20-19(22(23,24)25)14-26-21(28-20)27-15-5-9-17(30-3)10-6-15/h5-12,14H,4,13H2,1-3H3,(H,26,27,28). The van der Waals surface area contributed by atoms with Crippen molar-refractivity contribution in [3.8, 4) is 11.5 Å². The molecule has 0 radical (unpaired) electrons. The summed E-state index contributed by atoms with van der Waals surface area (Å²) in [4.78, 5) is 9.36. The van der Waals surface area contributed by atoms with E-state index in [9.17, 15) is 13.2 Å². The predicted molar refractivity (Wildman–Crippen MR) is 114 cm³/mol. The molecule has 0 fully saturated rings. The monoisotopic (exact) mass is 432 g/mol. The van der Waals surface area contributed by atoms with E-state index in [0.717, 1.165) is 12.6 Å². The number of nitrogens with zero attached hydrogens (tertiary/aromatic N) is 3. The molecule has 2 aromatic carbocycles. The average Bonchev–Trinajstić information content (AvgIpc) is 2.77. The fourth-order valence-electron chi connectivity index (χ4n) is 2.80. The summed E-state index contributed by atoms with van der Waals surface area (Å²) in [5.74, 6) is 1.09. The van der Waals surface area contributed by atoms with Crippen LogP contribution in [-0.2, 0) is 6.18 Å². The van der Waals surface area contributed by atoms with Crippen LogP contribution in [0.3, 0.4) is 0 Å². The number of benzene rings is 2. The summed E-state index contributed by atoms with van der Waals surface area (Å²) in [7, 11) is 3.07. The number of rotatable bonds is 8. The van der Waals surface area contributed by atoms with Crippen LogP contribution in [0, 0.1) is 0 Å². The van der Waals surface area contributed by atoms with Gasteiger partial charge in [-0.25, -0.2) is 4.98 Å². The molecule has 0 atom stereocenters. The number of anilines is 4. The first kappa shape index (κ1) is 22.2. The van der Waals surface area contributed by atoms with Gasteiger partial charge in [-0.15, -0.1) is 0 Å². The molecule has 0 unspecified atom stereocenters. The van der Waals surface area contributed by atoms with Gasteiger partial charge in [0.1, 0.15) is 17.1 Å². The van der Waals surface area contributed by atoms with Gasteiger partial charge in [0, 0.05) is 24.6 Å². The van der Waals surface area contributed by atoms with Crippen LogP contribution in [0.2, 0.25) is 0 Å². The number of halogens is 3. The van der Waals surface area contributed by atoms with Crippen molar-refractivity contribution >= 4 is 23.1 Å². The molecule has 0 bridgehead atoms. The highest BCUT2D eigenvalue weighted by Gasteiger charge is 2.36. The first-order chi connectivity index (χ1) is 14.8. The summed E-state index contributed by atoms with van der Waals surface area (Å²) in [6.07, 6.45) is -2.96. The number of nitrogens with one attached hydrogen (secondary N) is 1. The number of methoxy groups -OCH3 is 1. The molecule has 31 heavy (non-hydrogen) atoms. The second-order valence-electron chi connectivity index (χ2n) is 6.68. The Balaban J connectivity index is 1.91. The average molecular weight is 432 g/mol. The third-order valence-electron chi connectivity index (χ3n) is 4.43. The van der Waals surface area contributed by atoms with Crippen LogP contribution in [0.15, 0.2) is 54.7 Å². The van der Waals surface area contributed by atoms with E-state index < -0.39 is 11.7 Å². The van der Waals surface area contributed by atoms with Gasteiger partial charge < -0.3 is 19.7 Å². The zero-order valence-electron chi connectivity index (χ0n) is 17.4. The van der Waals surface area contributed by atoms with Crippen molar-refractivity contribution in [2.45, 2.75) is 19.5 Å². The zero-order chi connectivity index (χ0) is 22.4. The van der Waals surface area contributed by atoms with Gasteiger partial charge in [-0.1, -0.05) is 6.92 Å². The molecule has 1 heterocycles. The van der Waals surface area contributed by atoms with Crippen molar-refractivity contribution in [2.24, 2.45) is 0 Å². The Bertz CT molecular complexity index is 993. The van der Waals surface area contributed by atoms with Crippen molar-refractivity contribution in [2.75, 3.05) is 31.0 Å². The van der Waals surface area contributed by atoms with Crippen molar-refractivity contribution in [3.63, 3.8) is 0 Å². The molecule has 9 heteroatoms. The highest BCUT2D eigenvalue weighted by Crippen LogP contribution is 2.38. The van der Waals surface area contributed by atoms with Crippen LogP contribution in [0.5, 0.6) is 11.5 Å². The lowest BCUT2D eigenvalue weighted by Gasteiger charge is -2.23. The molecule has 164 valence electrons. The molecule has 0 amide bonds. The van der Waals surface area contributed by atoms with Crippen molar-refractivity contribution < 1.29 is 22.6 Å². The number of ether oxygens (including phenoxy) is 2. The molecule has 3 aromatic rings. The van der Waals surface area contributed by atoms with E-state index in [1.54, 1.807) is 55.6 Å². The van der Waals surface area contributed by atoms with Crippen LogP contribution in [0.25, 0.3) is 0 Å². The van der Waals surface area contributed by atoms with Crippen molar-refractivity contribution in [3.05, 3.63) is 60.3 Å². The summed E-state index contributed by atoms with van der Waals surface area (Å²) in [6, 6.07) is 13.7. The van der Waals surface area contributed by atoms with Gasteiger partial charge in [0.2, 0.25) is 5.95 Å². The van der Waals surface area contributed by atoms with Crippen molar-refractivity contribution in [1.82, 2.24) is 9.97 Å². The lowest BCUT2D eigenvalue weighted by Crippen LogP contribution is -2.19. The molecule has 6 nitrogen and oxygen atoms in total. The maximum absolute atomic E-state index is 13.6. The minimum absolute atomic E-state index is 0.0444. The molecule has 3 rings (SSSR count). The van der Waals surface area contributed by atoms with Crippen LogP contribution >= 0.6 is 0 Å². The third kappa shape index (κ3) is 5.56. The molecule has 0 saturated carbocycles. The summed E-state index contributed by atoms with van der Waals surface area (Å²) < 4.78 is 51.5. The van der Waals surface area contributed by atoms with Crippen LogP contribution in [-0.4, -0.2) is 30.7 Å². The molecule has 0 spiro atoms. The Morgan fingerprint density at radius 1 is 1.00 bits per heavy atom. The SMILES string of the molecule is CCCOc1ccc(N(C)c2nc(Nc3ccc(OC)cc3)ncc2C(F)(F)F)cc1. The molecule has 1 N–H and O–H groups in total. The third-order valence-corrected chi connectivity index (χ3v) is 4.43. The lowest BCUT2D eigenvalue weighted by molar-refractivity contribution is -0.137. The Morgan fingerprint density at radius 2 is 1.65 bits per heavy atom. The Kier molecular flexibility index (Phi) is 6.84. The van der Waals surface area contributed by atoms with E-state index in [0.29, 0.717) is 29.5 Å². The first-order valence-electron chi connectivity index (χ1n) is 9.63. The van der Waals surface area contributed by atoms with Crippen LogP contribution < -0.4 is 19.7 Å². The smallest absolute Gasteiger partial charge is 0.421 e. The molecule has 0 aliphatic carbocycles. The van der Waals surface area contributed by atoms with Gasteiger partial charge in [-0.2, -0.15) is 18.2 Å². The van der Waals surface area contributed by atoms with E-state index in [-0.39, 0.29) is 11.8 Å². The van der Waals surface area contributed by atoms with E-state index in [1.165, 1.54) is 11.9 Å². The maximum Gasteiger partial charge on any atom is 0.421 e. The second-order valence-corrected chi connectivity index (χ2v) is 6.68. The summed E-state index contributed by atoms with van der Waals surface area (Å²) in [6.45, 7) is 2.56. The fraction of sp³-hybridized carbons (Fsp3) is 0.273. The number of aromatic nitrogens is 2. The molecule has 0 saturated heterocycles. The molecule has 0 aliphatic rings. The molecule has 1 aromatic heterocycles. The number of alkyl halides is 3. The largest absolute Gasteiger partial charge is 0.497 e. The van der Waals surface area contributed by atoms with Gasteiger partial charge in [0.15, 0.2) is 5.82 Å². The summed E-state index contributed by atoms with van der Waals surface area (Å²) in [5.41, 5.74) is 0.219. The van der Waals surface area contributed by atoms with E-state index in [4.69, 9.17) is 9.47 Å². The zero-order valence-corrected chi connectivity index (χ0v) is 17.4. The van der Waals surface area contributed by atoms with Crippen LogP contribution in [0.1, 0.15) is 18.9 Å². The Morgan fingerprint density at radius 3 is 2.23 bits per heavy atom. The Labute approximate surface area is 178 Å². The highest BCUT2D eigenvalue weighted by molar-refractivity contribution is 5.65. The Hall–Kier alpha value is -3.49. The lowest BCUT2D eigenvalue weighted by atomic mass is 10.2. The quantitative estimate of drug-likeness (QED) is 0.485. The molecular formula is C22H23F3N4O2. The predicted octanol–water partition coefficient (Wildman–Crippen LogP) is 5.80.